The summed E-state index contributed by atoms with van der Waals surface area (Å²) in [5, 5.41) is 6.67. The summed E-state index contributed by atoms with van der Waals surface area (Å²) in [6.07, 6.45) is 4.43. The molecule has 0 aliphatic heterocycles. The zero-order valence-corrected chi connectivity index (χ0v) is 17.2. The molecule has 0 fully saturated rings. The van der Waals surface area contributed by atoms with Gasteiger partial charge < -0.3 is 24.5 Å². The first-order chi connectivity index (χ1) is 11.4. The van der Waals surface area contributed by atoms with Gasteiger partial charge in [0.2, 0.25) is 0 Å². The van der Waals surface area contributed by atoms with E-state index in [1.807, 2.05) is 26.0 Å². The summed E-state index contributed by atoms with van der Waals surface area (Å²) in [4.78, 5) is 4.58. The monoisotopic (exact) mass is 453 g/mol. The van der Waals surface area contributed by atoms with E-state index in [-0.39, 0.29) is 24.0 Å². The van der Waals surface area contributed by atoms with Gasteiger partial charge in [0.15, 0.2) is 5.96 Å². The lowest BCUT2D eigenvalue weighted by Crippen LogP contribution is -2.39. The van der Waals surface area contributed by atoms with Gasteiger partial charge in [0.1, 0.15) is 5.76 Å². The van der Waals surface area contributed by atoms with Gasteiger partial charge in [-0.25, -0.2) is 0 Å². The SMILES string of the molecule is CCOCCCN=C(NCCCOCC)NCCc1ccco1.I. The van der Waals surface area contributed by atoms with E-state index in [4.69, 9.17) is 13.9 Å². The lowest BCUT2D eigenvalue weighted by molar-refractivity contribution is 0.145. The van der Waals surface area contributed by atoms with Crippen LogP contribution >= 0.6 is 24.0 Å². The molecule has 0 radical (unpaired) electrons. The van der Waals surface area contributed by atoms with Gasteiger partial charge in [-0.05, 0) is 38.8 Å². The molecule has 0 spiro atoms. The van der Waals surface area contributed by atoms with Crippen LogP contribution in [0, 0.1) is 0 Å². The first-order valence-corrected chi connectivity index (χ1v) is 8.56. The minimum Gasteiger partial charge on any atom is -0.469 e. The first kappa shape index (κ1) is 23.2. The van der Waals surface area contributed by atoms with Crippen LogP contribution in [0.25, 0.3) is 0 Å². The van der Waals surface area contributed by atoms with Crippen LogP contribution in [0.2, 0.25) is 0 Å². The third kappa shape index (κ3) is 12.6. The van der Waals surface area contributed by atoms with Crippen LogP contribution in [0.1, 0.15) is 32.4 Å². The van der Waals surface area contributed by atoms with Crippen LogP contribution in [0.3, 0.4) is 0 Å². The summed E-state index contributed by atoms with van der Waals surface area (Å²) >= 11 is 0. The van der Waals surface area contributed by atoms with Crippen LogP contribution in [0.15, 0.2) is 27.8 Å². The highest BCUT2D eigenvalue weighted by molar-refractivity contribution is 14.0. The average Bonchev–Trinajstić information content (AvgIpc) is 3.07. The van der Waals surface area contributed by atoms with E-state index in [1.54, 1.807) is 6.26 Å². The zero-order chi connectivity index (χ0) is 16.6. The minimum absolute atomic E-state index is 0. The highest BCUT2D eigenvalue weighted by Gasteiger charge is 2.00. The van der Waals surface area contributed by atoms with E-state index in [1.165, 1.54) is 0 Å². The van der Waals surface area contributed by atoms with E-state index in [0.717, 1.165) is 77.0 Å². The van der Waals surface area contributed by atoms with Crippen molar-refractivity contribution in [3.8, 4) is 0 Å². The highest BCUT2D eigenvalue weighted by Crippen LogP contribution is 1.99. The fraction of sp³-hybridized carbons (Fsp3) is 0.706. The largest absolute Gasteiger partial charge is 0.469 e. The number of hydrogen-bond acceptors (Lipinski definition) is 4. The molecule has 1 aromatic rings. The van der Waals surface area contributed by atoms with Crippen molar-refractivity contribution in [3.63, 3.8) is 0 Å². The van der Waals surface area contributed by atoms with Gasteiger partial charge in [-0.2, -0.15) is 0 Å². The Hall–Kier alpha value is -0.800. The molecule has 0 aliphatic rings. The molecule has 140 valence electrons. The Morgan fingerprint density at radius 3 is 2.46 bits per heavy atom. The fourth-order valence-electron chi connectivity index (χ4n) is 1.96. The van der Waals surface area contributed by atoms with Crippen molar-refractivity contribution in [1.82, 2.24) is 10.6 Å². The van der Waals surface area contributed by atoms with Crippen molar-refractivity contribution in [2.24, 2.45) is 4.99 Å². The summed E-state index contributed by atoms with van der Waals surface area (Å²) in [5.41, 5.74) is 0. The van der Waals surface area contributed by atoms with Crippen LogP contribution < -0.4 is 10.6 Å². The quantitative estimate of drug-likeness (QED) is 0.208. The Kier molecular flexibility index (Phi) is 16.5. The Bertz CT molecular complexity index is 400. The molecule has 0 saturated heterocycles. The normalized spacial score (nSPS) is 11.2. The predicted octanol–water partition coefficient (Wildman–Crippen LogP) is 2.83. The van der Waals surface area contributed by atoms with E-state index in [9.17, 15) is 0 Å². The van der Waals surface area contributed by atoms with Crippen molar-refractivity contribution >= 4 is 29.9 Å². The number of nitrogens with one attached hydrogen (secondary N) is 2. The molecule has 0 aromatic carbocycles. The van der Waals surface area contributed by atoms with Gasteiger partial charge in [0, 0.05) is 52.5 Å². The molecular formula is C17H32IN3O3. The van der Waals surface area contributed by atoms with Crippen molar-refractivity contribution in [2.75, 3.05) is 46.1 Å². The molecule has 0 unspecified atom stereocenters. The Morgan fingerprint density at radius 1 is 1.08 bits per heavy atom. The van der Waals surface area contributed by atoms with Gasteiger partial charge in [0.25, 0.3) is 0 Å². The Balaban J connectivity index is 0.00000529. The van der Waals surface area contributed by atoms with E-state index >= 15 is 0 Å². The molecule has 0 amide bonds. The maximum Gasteiger partial charge on any atom is 0.191 e. The molecule has 1 rings (SSSR count). The van der Waals surface area contributed by atoms with Gasteiger partial charge in [-0.1, -0.05) is 0 Å². The summed E-state index contributed by atoms with van der Waals surface area (Å²) in [6.45, 7) is 9.44. The second kappa shape index (κ2) is 17.0. The summed E-state index contributed by atoms with van der Waals surface area (Å²) in [6, 6.07) is 3.89. The summed E-state index contributed by atoms with van der Waals surface area (Å²) in [5.74, 6) is 1.81. The lowest BCUT2D eigenvalue weighted by atomic mass is 10.3. The highest BCUT2D eigenvalue weighted by atomic mass is 127. The van der Waals surface area contributed by atoms with Crippen molar-refractivity contribution in [3.05, 3.63) is 24.2 Å². The third-order valence-corrected chi connectivity index (χ3v) is 3.13. The second-order valence-corrected chi connectivity index (χ2v) is 5.01. The van der Waals surface area contributed by atoms with Crippen molar-refractivity contribution in [2.45, 2.75) is 33.1 Å². The first-order valence-electron chi connectivity index (χ1n) is 8.56. The molecule has 7 heteroatoms. The molecule has 0 bridgehead atoms. The van der Waals surface area contributed by atoms with Crippen LogP contribution in [0.5, 0.6) is 0 Å². The number of halogens is 1. The molecule has 0 atom stereocenters. The molecular weight excluding hydrogens is 421 g/mol. The summed E-state index contributed by atoms with van der Waals surface area (Å²) in [7, 11) is 0. The lowest BCUT2D eigenvalue weighted by Gasteiger charge is -2.12. The minimum atomic E-state index is 0. The van der Waals surface area contributed by atoms with Gasteiger partial charge in [0.05, 0.1) is 6.26 Å². The number of guanidine groups is 1. The number of nitrogens with zero attached hydrogens (tertiary/aromatic N) is 1. The third-order valence-electron chi connectivity index (χ3n) is 3.13. The van der Waals surface area contributed by atoms with Crippen molar-refractivity contribution < 1.29 is 13.9 Å². The number of hydrogen-bond donors (Lipinski definition) is 2. The smallest absolute Gasteiger partial charge is 0.191 e. The van der Waals surface area contributed by atoms with Crippen LogP contribution in [-0.4, -0.2) is 52.0 Å². The number of aliphatic imine (C=N–C) groups is 1. The molecule has 24 heavy (non-hydrogen) atoms. The number of ether oxygens (including phenoxy) is 2. The molecule has 6 nitrogen and oxygen atoms in total. The number of furan rings is 1. The standard InChI is InChI=1S/C17H31N3O3.HI/c1-3-21-13-6-10-18-17(19-11-7-14-22-4-2)20-12-9-16-8-5-15-23-16;/h5,8,15H,3-4,6-7,9-14H2,1-2H3,(H2,18,19,20);1H. The molecule has 1 heterocycles. The van der Waals surface area contributed by atoms with Crippen LogP contribution in [-0.2, 0) is 15.9 Å². The maximum absolute atomic E-state index is 5.34. The summed E-state index contributed by atoms with van der Waals surface area (Å²) < 4.78 is 16.0. The second-order valence-electron chi connectivity index (χ2n) is 5.01. The van der Waals surface area contributed by atoms with E-state index < -0.39 is 0 Å². The molecule has 2 N–H and O–H groups in total. The van der Waals surface area contributed by atoms with Gasteiger partial charge in [-0.3, -0.25) is 4.99 Å². The molecule has 1 aromatic heterocycles. The maximum atomic E-state index is 5.34. The molecule has 0 saturated carbocycles. The fourth-order valence-corrected chi connectivity index (χ4v) is 1.96. The molecule has 0 aliphatic carbocycles. The topological polar surface area (TPSA) is 68.0 Å². The average molecular weight is 453 g/mol. The van der Waals surface area contributed by atoms with E-state index in [0.29, 0.717) is 0 Å². The number of rotatable bonds is 13. The van der Waals surface area contributed by atoms with Gasteiger partial charge in [-0.15, -0.1) is 24.0 Å². The zero-order valence-electron chi connectivity index (χ0n) is 14.9. The predicted molar refractivity (Wildman–Crippen MR) is 108 cm³/mol. The van der Waals surface area contributed by atoms with Crippen LogP contribution in [0.4, 0.5) is 0 Å². The Labute approximate surface area is 162 Å². The Morgan fingerprint density at radius 2 is 1.79 bits per heavy atom. The van der Waals surface area contributed by atoms with Gasteiger partial charge >= 0.3 is 0 Å². The van der Waals surface area contributed by atoms with Crippen molar-refractivity contribution in [1.29, 1.82) is 0 Å². The van der Waals surface area contributed by atoms with E-state index in [2.05, 4.69) is 15.6 Å².